The summed E-state index contributed by atoms with van der Waals surface area (Å²) in [4.78, 5) is 22.0. The summed E-state index contributed by atoms with van der Waals surface area (Å²) in [6, 6.07) is 2.13. The minimum atomic E-state index is -4.12. The lowest BCUT2D eigenvalue weighted by molar-refractivity contribution is -0.138. The van der Waals surface area contributed by atoms with Crippen molar-refractivity contribution in [2.45, 2.75) is 24.8 Å². The second kappa shape index (κ2) is 6.88. The third kappa shape index (κ3) is 4.69. The summed E-state index contributed by atoms with van der Waals surface area (Å²) in [5, 5.41) is 8.75. The molecule has 0 bridgehead atoms. The Balaban J connectivity index is 3.18. The molecule has 0 spiro atoms. The Bertz CT molecular complexity index is 658. The first-order chi connectivity index (χ1) is 9.67. The molecule has 1 atom stereocenters. The van der Waals surface area contributed by atoms with E-state index in [1.54, 1.807) is 6.92 Å². The molecule has 0 amide bonds. The molecular formula is C12H14ClNO6S. The number of ether oxygens (including phenoxy) is 1. The molecule has 0 fully saturated rings. The number of carbonyl (C=O) groups is 2. The van der Waals surface area contributed by atoms with Crippen LogP contribution in [0.1, 0.15) is 24.2 Å². The zero-order valence-corrected chi connectivity index (χ0v) is 12.9. The quantitative estimate of drug-likeness (QED) is 0.757. The average Bonchev–Trinajstić information content (AvgIpc) is 2.37. The second-order valence-electron chi connectivity index (χ2n) is 4.08. The van der Waals surface area contributed by atoms with E-state index in [4.69, 9.17) is 21.4 Å². The smallest absolute Gasteiger partial charge is 0.338 e. The maximum absolute atomic E-state index is 12.0. The molecule has 0 aliphatic heterocycles. The Morgan fingerprint density at radius 1 is 1.38 bits per heavy atom. The number of sulfonamides is 1. The Morgan fingerprint density at radius 2 is 2.00 bits per heavy atom. The first-order valence-corrected chi connectivity index (χ1v) is 7.76. The first-order valence-electron chi connectivity index (χ1n) is 5.90. The van der Waals surface area contributed by atoms with Crippen LogP contribution in [0.2, 0.25) is 5.02 Å². The van der Waals surface area contributed by atoms with Gasteiger partial charge >= 0.3 is 11.9 Å². The number of carboxylic acids is 1. The van der Waals surface area contributed by atoms with Crippen molar-refractivity contribution in [3.05, 3.63) is 28.8 Å². The maximum Gasteiger partial charge on any atom is 0.338 e. The molecule has 1 aromatic carbocycles. The van der Waals surface area contributed by atoms with E-state index in [1.807, 2.05) is 4.72 Å². The summed E-state index contributed by atoms with van der Waals surface area (Å²) >= 11 is 5.78. The molecule has 0 saturated carbocycles. The van der Waals surface area contributed by atoms with Crippen LogP contribution in [0.5, 0.6) is 0 Å². The van der Waals surface area contributed by atoms with Gasteiger partial charge in [-0.3, -0.25) is 4.79 Å². The number of carbonyl (C=O) groups excluding carboxylic acids is 1. The van der Waals surface area contributed by atoms with Crippen molar-refractivity contribution in [2.24, 2.45) is 0 Å². The van der Waals surface area contributed by atoms with Crippen molar-refractivity contribution in [3.63, 3.8) is 0 Å². The Hall–Kier alpha value is -1.64. The van der Waals surface area contributed by atoms with Crippen LogP contribution in [0.25, 0.3) is 0 Å². The first kappa shape index (κ1) is 17.4. The molecule has 1 rings (SSSR count). The van der Waals surface area contributed by atoms with Gasteiger partial charge in [0.15, 0.2) is 0 Å². The average molecular weight is 336 g/mol. The topological polar surface area (TPSA) is 110 Å². The van der Waals surface area contributed by atoms with Crippen molar-refractivity contribution in [2.75, 3.05) is 6.61 Å². The van der Waals surface area contributed by atoms with E-state index in [0.717, 1.165) is 12.1 Å². The standard InChI is InChI=1S/C12H14ClNO6S/c1-3-20-12(17)8-4-9(13)6-10(5-8)21(18,19)14-7(2)11(15)16/h4-7,14H,3H2,1-2H3,(H,15,16)/t7-/m1/s1. The molecule has 0 saturated heterocycles. The van der Waals surface area contributed by atoms with Gasteiger partial charge in [0.25, 0.3) is 0 Å². The van der Waals surface area contributed by atoms with E-state index in [0.29, 0.717) is 0 Å². The number of hydrogen-bond donors (Lipinski definition) is 2. The molecule has 0 radical (unpaired) electrons. The van der Waals surface area contributed by atoms with Gasteiger partial charge < -0.3 is 9.84 Å². The van der Waals surface area contributed by atoms with Gasteiger partial charge in [-0.25, -0.2) is 13.2 Å². The van der Waals surface area contributed by atoms with Crippen molar-refractivity contribution in [3.8, 4) is 0 Å². The van der Waals surface area contributed by atoms with E-state index >= 15 is 0 Å². The normalized spacial score (nSPS) is 12.7. The van der Waals surface area contributed by atoms with Gasteiger partial charge in [-0.15, -0.1) is 0 Å². The molecule has 0 aromatic heterocycles. The Kier molecular flexibility index (Phi) is 5.70. The molecule has 116 valence electrons. The monoisotopic (exact) mass is 335 g/mol. The van der Waals surface area contributed by atoms with E-state index in [2.05, 4.69) is 0 Å². The van der Waals surface area contributed by atoms with E-state index in [9.17, 15) is 18.0 Å². The van der Waals surface area contributed by atoms with Crippen LogP contribution in [0.4, 0.5) is 0 Å². The minimum absolute atomic E-state index is 0.0175. The lowest BCUT2D eigenvalue weighted by Crippen LogP contribution is -2.38. The SMILES string of the molecule is CCOC(=O)c1cc(Cl)cc(S(=O)(=O)N[C@H](C)C(=O)O)c1. The van der Waals surface area contributed by atoms with Crippen LogP contribution >= 0.6 is 11.6 Å². The Labute approximate surface area is 126 Å². The number of aliphatic carboxylic acids is 1. The number of halogens is 1. The van der Waals surface area contributed by atoms with Crippen LogP contribution in [-0.4, -0.2) is 38.1 Å². The number of nitrogens with one attached hydrogen (secondary N) is 1. The van der Waals surface area contributed by atoms with Gasteiger partial charge in [-0.05, 0) is 32.0 Å². The highest BCUT2D eigenvalue weighted by Gasteiger charge is 2.23. The number of hydrogen-bond acceptors (Lipinski definition) is 5. The van der Waals surface area contributed by atoms with Crippen LogP contribution in [0.15, 0.2) is 23.1 Å². The van der Waals surface area contributed by atoms with Crippen molar-refractivity contribution < 1.29 is 27.9 Å². The highest BCUT2D eigenvalue weighted by Crippen LogP contribution is 2.20. The number of esters is 1. The molecule has 7 nitrogen and oxygen atoms in total. The third-order valence-electron chi connectivity index (χ3n) is 2.40. The molecule has 0 aliphatic rings. The predicted octanol–water partition coefficient (Wildman–Crippen LogP) is 1.27. The summed E-state index contributed by atoms with van der Waals surface area (Å²) < 4.78 is 30.8. The summed E-state index contributed by atoms with van der Waals surface area (Å²) in [6.45, 7) is 2.91. The molecule has 0 unspecified atom stereocenters. The largest absolute Gasteiger partial charge is 0.480 e. The second-order valence-corrected chi connectivity index (χ2v) is 6.23. The zero-order valence-electron chi connectivity index (χ0n) is 11.3. The summed E-state index contributed by atoms with van der Waals surface area (Å²) in [5.41, 5.74) is -0.0345. The van der Waals surface area contributed by atoms with Gasteiger partial charge in [-0.2, -0.15) is 4.72 Å². The van der Waals surface area contributed by atoms with Crippen LogP contribution < -0.4 is 4.72 Å². The number of rotatable bonds is 6. The fourth-order valence-electron chi connectivity index (χ4n) is 1.40. The highest BCUT2D eigenvalue weighted by molar-refractivity contribution is 7.89. The number of benzene rings is 1. The van der Waals surface area contributed by atoms with Crippen LogP contribution in [-0.2, 0) is 19.6 Å². The fraction of sp³-hybridized carbons (Fsp3) is 0.333. The van der Waals surface area contributed by atoms with Gasteiger partial charge in [0.1, 0.15) is 6.04 Å². The molecule has 9 heteroatoms. The maximum atomic E-state index is 12.0. The molecule has 1 aromatic rings. The lowest BCUT2D eigenvalue weighted by atomic mass is 10.2. The highest BCUT2D eigenvalue weighted by atomic mass is 35.5. The number of carboxylic acid groups (broad SMARTS) is 1. The summed E-state index contributed by atoms with van der Waals surface area (Å²) in [5.74, 6) is -2.05. The summed E-state index contributed by atoms with van der Waals surface area (Å²) in [7, 11) is -4.12. The molecule has 2 N–H and O–H groups in total. The zero-order chi connectivity index (χ0) is 16.2. The predicted molar refractivity (Wildman–Crippen MR) is 74.8 cm³/mol. The van der Waals surface area contributed by atoms with Crippen LogP contribution in [0.3, 0.4) is 0 Å². The molecule has 0 aliphatic carbocycles. The van der Waals surface area contributed by atoms with E-state index < -0.39 is 28.0 Å². The lowest BCUT2D eigenvalue weighted by Gasteiger charge is -2.11. The molecular weight excluding hydrogens is 322 g/mol. The van der Waals surface area contributed by atoms with Crippen molar-refractivity contribution in [1.82, 2.24) is 4.72 Å². The molecule has 21 heavy (non-hydrogen) atoms. The molecule has 0 heterocycles. The van der Waals surface area contributed by atoms with Gasteiger partial charge in [-0.1, -0.05) is 11.6 Å². The van der Waals surface area contributed by atoms with Gasteiger partial charge in [0.2, 0.25) is 10.0 Å². The van der Waals surface area contributed by atoms with Crippen molar-refractivity contribution >= 4 is 33.6 Å². The summed E-state index contributed by atoms with van der Waals surface area (Å²) in [6.07, 6.45) is 0. The fourth-order valence-corrected chi connectivity index (χ4v) is 2.97. The minimum Gasteiger partial charge on any atom is -0.480 e. The van der Waals surface area contributed by atoms with E-state index in [1.165, 1.54) is 13.0 Å². The van der Waals surface area contributed by atoms with E-state index in [-0.39, 0.29) is 22.1 Å². The van der Waals surface area contributed by atoms with Crippen molar-refractivity contribution in [1.29, 1.82) is 0 Å². The van der Waals surface area contributed by atoms with Crippen LogP contribution in [0, 0.1) is 0 Å². The van der Waals surface area contributed by atoms with Gasteiger partial charge in [0.05, 0.1) is 17.1 Å². The Morgan fingerprint density at radius 3 is 2.52 bits per heavy atom. The van der Waals surface area contributed by atoms with Gasteiger partial charge in [0, 0.05) is 5.02 Å². The third-order valence-corrected chi connectivity index (χ3v) is 4.13.